The van der Waals surface area contributed by atoms with Gasteiger partial charge in [-0.15, -0.1) is 0 Å². The second kappa shape index (κ2) is 9.16. The number of nitrogens with zero attached hydrogens (tertiary/aromatic N) is 5. The van der Waals surface area contributed by atoms with Crippen LogP contribution in [0.1, 0.15) is 5.56 Å². The molecule has 3 aromatic heterocycles. The van der Waals surface area contributed by atoms with Gasteiger partial charge in [-0.3, -0.25) is 14.6 Å². The highest BCUT2D eigenvalue weighted by Gasteiger charge is 2.15. The molecule has 0 bridgehead atoms. The van der Waals surface area contributed by atoms with Gasteiger partial charge in [-0.05, 0) is 29.8 Å². The van der Waals surface area contributed by atoms with Gasteiger partial charge in [-0.25, -0.2) is 9.97 Å². The maximum atomic E-state index is 11.4. The molecule has 0 aliphatic rings. The smallest absolute Gasteiger partial charge is 0.247 e. The first-order chi connectivity index (χ1) is 16.6. The first-order valence-corrected chi connectivity index (χ1v) is 10.7. The number of carbonyl (C=O) groups is 1. The molecule has 168 valence electrons. The Morgan fingerprint density at radius 2 is 1.91 bits per heavy atom. The molecule has 34 heavy (non-hydrogen) atoms. The van der Waals surface area contributed by atoms with Crippen molar-refractivity contribution in [1.82, 2.24) is 29.9 Å². The Kier molecular flexibility index (Phi) is 5.75. The Hall–Kier alpha value is -4.50. The lowest BCUT2D eigenvalue weighted by atomic mass is 10.1. The zero-order valence-corrected chi connectivity index (χ0v) is 18.6. The van der Waals surface area contributed by atoms with Gasteiger partial charge in [0.1, 0.15) is 11.4 Å². The van der Waals surface area contributed by atoms with E-state index in [9.17, 15) is 4.79 Å². The molecule has 0 fully saturated rings. The number of carbonyl (C=O) groups excluding carboxylic acids is 1. The monoisotopic (exact) mass is 470 g/mol. The fraction of sp³-hybridized carbons (Fsp3) is 0.0417. The van der Waals surface area contributed by atoms with Gasteiger partial charge in [0.15, 0.2) is 0 Å². The molecule has 0 unspecified atom stereocenters. The number of nitrogens with one attached hydrogen (secondary N) is 3. The number of aromatic nitrogens is 6. The molecule has 5 aromatic rings. The van der Waals surface area contributed by atoms with E-state index in [1.54, 1.807) is 17.1 Å². The highest BCUT2D eigenvalue weighted by Crippen LogP contribution is 2.30. The topological polar surface area (TPSA) is 113 Å². The van der Waals surface area contributed by atoms with Crippen LogP contribution in [-0.4, -0.2) is 35.9 Å². The predicted octanol–water partition coefficient (Wildman–Crippen LogP) is 4.79. The van der Waals surface area contributed by atoms with Crippen LogP contribution >= 0.6 is 11.6 Å². The van der Waals surface area contributed by atoms with Gasteiger partial charge < -0.3 is 10.6 Å². The molecular formula is C24H19ClN8O. The van der Waals surface area contributed by atoms with E-state index in [0.29, 0.717) is 34.6 Å². The SMILES string of the molecule is C=CC(=O)Nc1ccc(Cn2cc(Nc3ncc(Cl)c(-c4n[nH]c5ccccc45)n3)cn2)cc1. The van der Waals surface area contributed by atoms with Crippen LogP contribution in [0, 0.1) is 0 Å². The zero-order valence-electron chi connectivity index (χ0n) is 17.9. The van der Waals surface area contributed by atoms with Gasteiger partial charge in [0.05, 0.1) is 35.2 Å². The normalized spacial score (nSPS) is 10.9. The third-order valence-corrected chi connectivity index (χ3v) is 5.36. The summed E-state index contributed by atoms with van der Waals surface area (Å²) in [7, 11) is 0. The Morgan fingerprint density at radius 1 is 1.09 bits per heavy atom. The number of hydrogen-bond acceptors (Lipinski definition) is 6. The number of benzene rings is 2. The van der Waals surface area contributed by atoms with Crippen molar-refractivity contribution in [1.29, 1.82) is 0 Å². The summed E-state index contributed by atoms with van der Waals surface area (Å²) in [4.78, 5) is 20.3. The maximum absolute atomic E-state index is 11.4. The van der Waals surface area contributed by atoms with Gasteiger partial charge in [0.25, 0.3) is 0 Å². The fourth-order valence-electron chi connectivity index (χ4n) is 3.45. The van der Waals surface area contributed by atoms with Crippen molar-refractivity contribution in [2.24, 2.45) is 0 Å². The van der Waals surface area contributed by atoms with E-state index < -0.39 is 0 Å². The molecular weight excluding hydrogens is 452 g/mol. The summed E-state index contributed by atoms with van der Waals surface area (Å²) in [6, 6.07) is 15.3. The van der Waals surface area contributed by atoms with Crippen LogP contribution in [-0.2, 0) is 11.3 Å². The summed E-state index contributed by atoms with van der Waals surface area (Å²) in [5.41, 5.74) is 4.56. The van der Waals surface area contributed by atoms with Gasteiger partial charge in [0, 0.05) is 17.3 Å². The molecule has 0 aliphatic heterocycles. The molecule has 0 aliphatic carbocycles. The van der Waals surface area contributed by atoms with Gasteiger partial charge in [0.2, 0.25) is 11.9 Å². The fourth-order valence-corrected chi connectivity index (χ4v) is 3.64. The van der Waals surface area contributed by atoms with Crippen LogP contribution in [0.4, 0.5) is 17.3 Å². The molecule has 2 aromatic carbocycles. The molecule has 0 saturated heterocycles. The number of H-pyrrole nitrogens is 1. The number of aromatic amines is 1. The van der Waals surface area contributed by atoms with Crippen LogP contribution in [0.15, 0.2) is 79.8 Å². The molecule has 0 spiro atoms. The summed E-state index contributed by atoms with van der Waals surface area (Å²) in [6.07, 6.45) is 6.33. The lowest BCUT2D eigenvalue weighted by Crippen LogP contribution is -2.07. The third kappa shape index (κ3) is 4.50. The second-order valence-electron chi connectivity index (χ2n) is 7.45. The summed E-state index contributed by atoms with van der Waals surface area (Å²) >= 11 is 6.38. The minimum atomic E-state index is -0.247. The molecule has 3 N–H and O–H groups in total. The molecule has 0 saturated carbocycles. The average Bonchev–Trinajstić information content (AvgIpc) is 3.48. The first-order valence-electron chi connectivity index (χ1n) is 10.4. The second-order valence-corrected chi connectivity index (χ2v) is 7.86. The van der Waals surface area contributed by atoms with Crippen molar-refractivity contribution < 1.29 is 4.79 Å². The summed E-state index contributed by atoms with van der Waals surface area (Å²) in [5, 5.41) is 19.0. The number of halogens is 1. The van der Waals surface area contributed by atoms with Gasteiger partial charge in [-0.2, -0.15) is 10.2 Å². The third-order valence-electron chi connectivity index (χ3n) is 5.08. The number of fused-ring (bicyclic) bond motifs is 1. The van der Waals surface area contributed by atoms with E-state index in [1.807, 2.05) is 54.7 Å². The number of anilines is 3. The van der Waals surface area contributed by atoms with Crippen molar-refractivity contribution in [2.75, 3.05) is 10.6 Å². The highest BCUT2D eigenvalue weighted by atomic mass is 35.5. The molecule has 9 nitrogen and oxygen atoms in total. The first kappa shape index (κ1) is 21.4. The van der Waals surface area contributed by atoms with E-state index in [4.69, 9.17) is 11.6 Å². The lowest BCUT2D eigenvalue weighted by Gasteiger charge is -2.06. The Balaban J connectivity index is 1.31. The summed E-state index contributed by atoms with van der Waals surface area (Å²) < 4.78 is 1.79. The Bertz CT molecular complexity index is 1490. The lowest BCUT2D eigenvalue weighted by molar-refractivity contribution is -0.111. The Labute approximate surface area is 199 Å². The van der Waals surface area contributed by atoms with E-state index in [1.165, 1.54) is 6.08 Å². The molecule has 0 radical (unpaired) electrons. The molecule has 10 heteroatoms. The number of para-hydroxylation sites is 1. The van der Waals surface area contributed by atoms with E-state index in [2.05, 4.69) is 42.5 Å². The maximum Gasteiger partial charge on any atom is 0.247 e. The van der Waals surface area contributed by atoms with Crippen LogP contribution in [0.25, 0.3) is 22.3 Å². The van der Waals surface area contributed by atoms with Crippen molar-refractivity contribution in [3.05, 3.63) is 90.4 Å². The largest absolute Gasteiger partial charge is 0.323 e. The Morgan fingerprint density at radius 3 is 2.74 bits per heavy atom. The minimum Gasteiger partial charge on any atom is -0.323 e. The number of hydrogen-bond donors (Lipinski definition) is 3. The zero-order chi connectivity index (χ0) is 23.5. The molecule has 0 atom stereocenters. The number of rotatable bonds is 7. The van der Waals surface area contributed by atoms with Crippen molar-refractivity contribution >= 4 is 45.7 Å². The van der Waals surface area contributed by atoms with E-state index in [0.717, 1.165) is 22.2 Å². The van der Waals surface area contributed by atoms with Crippen LogP contribution in [0.2, 0.25) is 5.02 Å². The number of amides is 1. The van der Waals surface area contributed by atoms with E-state index >= 15 is 0 Å². The quantitative estimate of drug-likeness (QED) is 0.295. The summed E-state index contributed by atoms with van der Waals surface area (Å²) in [5.74, 6) is 0.136. The van der Waals surface area contributed by atoms with Gasteiger partial charge >= 0.3 is 0 Å². The van der Waals surface area contributed by atoms with Crippen molar-refractivity contribution in [3.8, 4) is 11.4 Å². The van der Waals surface area contributed by atoms with Crippen LogP contribution in [0.3, 0.4) is 0 Å². The molecule has 3 heterocycles. The standard InChI is InChI=1S/C24H19ClN8O/c1-2-21(34)28-16-9-7-15(8-10-16)13-33-14-17(11-27-33)29-24-26-12-19(25)23(30-24)22-18-5-3-4-6-20(18)31-32-22/h2-12,14H,1,13H2,(H,28,34)(H,31,32)(H,26,29,30). The molecule has 5 rings (SSSR count). The molecule has 1 amide bonds. The van der Waals surface area contributed by atoms with E-state index in [-0.39, 0.29) is 5.91 Å². The van der Waals surface area contributed by atoms with Crippen LogP contribution in [0.5, 0.6) is 0 Å². The van der Waals surface area contributed by atoms with Crippen molar-refractivity contribution in [3.63, 3.8) is 0 Å². The van der Waals surface area contributed by atoms with Crippen LogP contribution < -0.4 is 10.6 Å². The van der Waals surface area contributed by atoms with Crippen molar-refractivity contribution in [2.45, 2.75) is 6.54 Å². The summed E-state index contributed by atoms with van der Waals surface area (Å²) in [6.45, 7) is 4.01. The van der Waals surface area contributed by atoms with Gasteiger partial charge in [-0.1, -0.05) is 48.5 Å². The minimum absolute atomic E-state index is 0.247. The average molecular weight is 471 g/mol. The highest BCUT2D eigenvalue weighted by molar-refractivity contribution is 6.33. The predicted molar refractivity (Wildman–Crippen MR) is 132 cm³/mol.